The monoisotopic (exact) mass is 288 g/mol. The van der Waals surface area contributed by atoms with Crippen LogP contribution in [0.5, 0.6) is 0 Å². The second-order valence-electron chi connectivity index (χ2n) is 5.80. The summed E-state index contributed by atoms with van der Waals surface area (Å²) in [7, 11) is 0. The van der Waals surface area contributed by atoms with Crippen LogP contribution in [0.4, 0.5) is 0 Å². The molecule has 20 heavy (non-hydrogen) atoms. The van der Waals surface area contributed by atoms with E-state index in [0.717, 1.165) is 12.8 Å². The molecule has 0 radical (unpaired) electrons. The Balaban J connectivity index is 1.87. The second-order valence-corrected chi connectivity index (χ2v) is 5.80. The molecule has 4 nitrogen and oxygen atoms in total. The van der Waals surface area contributed by atoms with Gasteiger partial charge in [-0.15, -0.1) is 0 Å². The van der Waals surface area contributed by atoms with Crippen molar-refractivity contribution >= 4 is 0 Å². The molecule has 0 aliphatic carbocycles. The first-order chi connectivity index (χ1) is 9.77. The quantitative estimate of drug-likeness (QED) is 0.542. The summed E-state index contributed by atoms with van der Waals surface area (Å²) >= 11 is 0. The highest BCUT2D eigenvalue weighted by atomic mass is 16.7. The van der Waals surface area contributed by atoms with E-state index in [2.05, 4.69) is 6.92 Å². The molecule has 1 aliphatic heterocycles. The van der Waals surface area contributed by atoms with E-state index >= 15 is 0 Å². The van der Waals surface area contributed by atoms with Crippen LogP contribution in [0.3, 0.4) is 0 Å². The highest BCUT2D eigenvalue weighted by Gasteiger charge is 2.30. The first-order valence-corrected chi connectivity index (χ1v) is 8.34. The van der Waals surface area contributed by atoms with Crippen molar-refractivity contribution in [2.24, 2.45) is 0 Å². The largest absolute Gasteiger partial charge is 0.394 e. The highest BCUT2D eigenvalue weighted by molar-refractivity contribution is 4.73. The van der Waals surface area contributed by atoms with E-state index in [0.29, 0.717) is 6.61 Å². The van der Waals surface area contributed by atoms with E-state index in [1.807, 2.05) is 0 Å². The molecule has 0 aromatic carbocycles. The van der Waals surface area contributed by atoms with Crippen molar-refractivity contribution in [3.05, 3.63) is 0 Å². The van der Waals surface area contributed by atoms with Crippen LogP contribution in [0.25, 0.3) is 0 Å². The van der Waals surface area contributed by atoms with Crippen molar-refractivity contribution in [3.8, 4) is 0 Å². The fourth-order valence-electron chi connectivity index (χ4n) is 2.57. The third-order valence-electron chi connectivity index (χ3n) is 3.93. The number of unbranched alkanes of at least 4 members (excludes halogenated alkanes) is 8. The lowest BCUT2D eigenvalue weighted by Crippen LogP contribution is -2.31. The van der Waals surface area contributed by atoms with Gasteiger partial charge in [0, 0.05) is 0 Å². The van der Waals surface area contributed by atoms with Crippen molar-refractivity contribution < 1.29 is 19.7 Å². The molecule has 3 unspecified atom stereocenters. The molecule has 1 aliphatic rings. The SMILES string of the molecule is CCCCCCCCCCCC1OCC(C(O)CO)O1. The summed E-state index contributed by atoms with van der Waals surface area (Å²) in [6.07, 6.45) is 11.3. The molecule has 0 amide bonds. The molecule has 0 bridgehead atoms. The van der Waals surface area contributed by atoms with Crippen molar-refractivity contribution in [1.82, 2.24) is 0 Å². The van der Waals surface area contributed by atoms with Crippen molar-refractivity contribution in [3.63, 3.8) is 0 Å². The summed E-state index contributed by atoms with van der Waals surface area (Å²) in [5.74, 6) is 0. The van der Waals surface area contributed by atoms with Crippen LogP contribution in [0, 0.1) is 0 Å². The van der Waals surface area contributed by atoms with E-state index in [-0.39, 0.29) is 19.0 Å². The number of aliphatic hydroxyl groups excluding tert-OH is 2. The maximum atomic E-state index is 9.45. The summed E-state index contributed by atoms with van der Waals surface area (Å²) in [6, 6.07) is 0. The lowest BCUT2D eigenvalue weighted by Gasteiger charge is -2.14. The Bertz CT molecular complexity index is 223. The van der Waals surface area contributed by atoms with Gasteiger partial charge in [-0.3, -0.25) is 0 Å². The lowest BCUT2D eigenvalue weighted by molar-refractivity contribution is -0.0916. The molecule has 3 atom stereocenters. The van der Waals surface area contributed by atoms with Crippen LogP contribution < -0.4 is 0 Å². The number of ether oxygens (including phenoxy) is 2. The Morgan fingerprint density at radius 2 is 1.60 bits per heavy atom. The third-order valence-corrected chi connectivity index (χ3v) is 3.93. The molecule has 0 aromatic heterocycles. The van der Waals surface area contributed by atoms with E-state index in [1.165, 1.54) is 51.4 Å². The van der Waals surface area contributed by atoms with E-state index in [4.69, 9.17) is 14.6 Å². The number of rotatable bonds is 12. The molecule has 1 saturated heterocycles. The van der Waals surface area contributed by atoms with Crippen molar-refractivity contribution in [2.45, 2.75) is 89.6 Å². The van der Waals surface area contributed by atoms with Gasteiger partial charge < -0.3 is 19.7 Å². The zero-order valence-electron chi connectivity index (χ0n) is 12.9. The first-order valence-electron chi connectivity index (χ1n) is 8.34. The average Bonchev–Trinajstić information content (AvgIpc) is 2.93. The maximum Gasteiger partial charge on any atom is 0.158 e. The van der Waals surface area contributed by atoms with Crippen LogP contribution in [-0.4, -0.2) is 41.9 Å². The molecule has 1 fully saturated rings. The second kappa shape index (κ2) is 11.5. The van der Waals surface area contributed by atoms with Crippen molar-refractivity contribution in [2.75, 3.05) is 13.2 Å². The van der Waals surface area contributed by atoms with Gasteiger partial charge in [-0.25, -0.2) is 0 Å². The highest BCUT2D eigenvalue weighted by Crippen LogP contribution is 2.20. The van der Waals surface area contributed by atoms with Crippen molar-refractivity contribution in [1.29, 1.82) is 0 Å². The van der Waals surface area contributed by atoms with Gasteiger partial charge in [0.15, 0.2) is 6.29 Å². The smallest absolute Gasteiger partial charge is 0.158 e. The van der Waals surface area contributed by atoms with Gasteiger partial charge in [0.05, 0.1) is 13.2 Å². The zero-order chi connectivity index (χ0) is 14.6. The zero-order valence-corrected chi connectivity index (χ0v) is 12.9. The third kappa shape index (κ3) is 7.58. The fourth-order valence-corrected chi connectivity index (χ4v) is 2.57. The summed E-state index contributed by atoms with van der Waals surface area (Å²) in [5, 5.41) is 18.3. The average molecular weight is 288 g/mol. The number of hydrogen-bond donors (Lipinski definition) is 2. The van der Waals surface area contributed by atoms with E-state index in [9.17, 15) is 5.11 Å². The topological polar surface area (TPSA) is 58.9 Å². The van der Waals surface area contributed by atoms with Gasteiger partial charge >= 0.3 is 0 Å². The number of aliphatic hydroxyl groups is 2. The van der Waals surface area contributed by atoms with Crippen LogP contribution in [0.2, 0.25) is 0 Å². The van der Waals surface area contributed by atoms with Gasteiger partial charge in [-0.05, 0) is 12.8 Å². The van der Waals surface area contributed by atoms with Gasteiger partial charge in [0.25, 0.3) is 0 Å². The predicted octanol–water partition coefficient (Wildman–Crippen LogP) is 3.00. The standard InChI is InChI=1S/C16H32O4/c1-2-3-4-5-6-7-8-9-10-11-16-19-13-15(20-16)14(18)12-17/h14-18H,2-13H2,1H3. The summed E-state index contributed by atoms with van der Waals surface area (Å²) in [5.41, 5.74) is 0. The molecule has 120 valence electrons. The Labute approximate surface area is 123 Å². The predicted molar refractivity (Wildman–Crippen MR) is 79.5 cm³/mol. The molecule has 0 aromatic rings. The minimum Gasteiger partial charge on any atom is -0.394 e. The summed E-state index contributed by atoms with van der Waals surface area (Å²) in [4.78, 5) is 0. The van der Waals surface area contributed by atoms with Gasteiger partial charge in [-0.2, -0.15) is 0 Å². The van der Waals surface area contributed by atoms with Crippen LogP contribution in [0.15, 0.2) is 0 Å². The van der Waals surface area contributed by atoms with Gasteiger partial charge in [0.2, 0.25) is 0 Å². The first kappa shape index (κ1) is 17.9. The molecule has 4 heteroatoms. The molecular formula is C16H32O4. The molecule has 0 spiro atoms. The molecule has 1 heterocycles. The lowest BCUT2D eigenvalue weighted by atomic mass is 10.1. The Morgan fingerprint density at radius 3 is 2.20 bits per heavy atom. The molecular weight excluding hydrogens is 256 g/mol. The Morgan fingerprint density at radius 1 is 1.00 bits per heavy atom. The van der Waals surface area contributed by atoms with Crippen LogP contribution in [-0.2, 0) is 9.47 Å². The Kier molecular flexibility index (Phi) is 10.3. The maximum absolute atomic E-state index is 9.45. The molecule has 1 rings (SSSR count). The molecule has 2 N–H and O–H groups in total. The van der Waals surface area contributed by atoms with Gasteiger partial charge in [-0.1, -0.05) is 58.3 Å². The van der Waals surface area contributed by atoms with Gasteiger partial charge in [0.1, 0.15) is 12.2 Å². The van der Waals surface area contributed by atoms with E-state index < -0.39 is 6.10 Å². The number of hydrogen-bond acceptors (Lipinski definition) is 4. The van der Waals surface area contributed by atoms with E-state index in [1.54, 1.807) is 0 Å². The molecule has 0 saturated carbocycles. The summed E-state index contributed by atoms with van der Waals surface area (Å²) in [6.45, 7) is 2.37. The van der Waals surface area contributed by atoms with Crippen LogP contribution in [0.1, 0.15) is 71.1 Å². The van der Waals surface area contributed by atoms with Crippen LogP contribution >= 0.6 is 0 Å². The fraction of sp³-hybridized carbons (Fsp3) is 1.00. The normalized spacial score (nSPS) is 24.1. The minimum absolute atomic E-state index is 0.189. The minimum atomic E-state index is -0.817. The Hall–Kier alpha value is -0.160. The summed E-state index contributed by atoms with van der Waals surface area (Å²) < 4.78 is 11.0.